The van der Waals surface area contributed by atoms with Gasteiger partial charge in [0.05, 0.1) is 0 Å². The fourth-order valence-electron chi connectivity index (χ4n) is 2.16. The van der Waals surface area contributed by atoms with Gasteiger partial charge in [0.2, 0.25) is 0 Å². The van der Waals surface area contributed by atoms with Gasteiger partial charge in [-0.15, -0.1) is 0 Å². The zero-order valence-corrected chi connectivity index (χ0v) is 13.7. The normalized spacial score (nSPS) is 13.8. The van der Waals surface area contributed by atoms with Crippen LogP contribution in [0, 0.1) is 5.41 Å². The highest BCUT2D eigenvalue weighted by Crippen LogP contribution is 2.32. The molecule has 1 N–H and O–H groups in total. The Bertz CT molecular complexity index is 379. The Kier molecular flexibility index (Phi) is 6.35. The molecule has 1 aromatic carbocycles. The first kappa shape index (κ1) is 16.5. The van der Waals surface area contributed by atoms with Gasteiger partial charge in [0.15, 0.2) is 0 Å². The van der Waals surface area contributed by atoms with Gasteiger partial charge >= 0.3 is 0 Å². The Hall–Kier alpha value is -0.530. The van der Waals surface area contributed by atoms with Crippen LogP contribution in [-0.4, -0.2) is 12.6 Å². The summed E-state index contributed by atoms with van der Waals surface area (Å²) in [5, 5.41) is 4.44. The van der Waals surface area contributed by atoms with Crippen molar-refractivity contribution in [1.29, 1.82) is 0 Å². The second-order valence-corrected chi connectivity index (χ2v) is 7.29. The Morgan fingerprint density at radius 1 is 1.16 bits per heavy atom. The third kappa shape index (κ3) is 6.44. The summed E-state index contributed by atoms with van der Waals surface area (Å²) in [4.78, 5) is 0. The van der Waals surface area contributed by atoms with Crippen LogP contribution in [0.5, 0.6) is 0 Å². The maximum atomic E-state index is 6.36. The van der Waals surface area contributed by atoms with E-state index in [1.165, 1.54) is 18.4 Å². The SMILES string of the molecule is CC(C)NCC(CCC(C)(C)C)c1ccccc1Cl. The van der Waals surface area contributed by atoms with Crippen molar-refractivity contribution in [3.8, 4) is 0 Å². The van der Waals surface area contributed by atoms with Crippen LogP contribution < -0.4 is 5.32 Å². The minimum atomic E-state index is 0.372. The number of hydrogen-bond acceptors (Lipinski definition) is 1. The predicted molar refractivity (Wildman–Crippen MR) is 86.0 cm³/mol. The van der Waals surface area contributed by atoms with Crippen LogP contribution in [0.25, 0.3) is 0 Å². The summed E-state index contributed by atoms with van der Waals surface area (Å²) in [6, 6.07) is 8.76. The summed E-state index contributed by atoms with van der Waals surface area (Å²) >= 11 is 6.36. The first-order chi connectivity index (χ1) is 8.79. The standard InChI is InChI=1S/C17H28ClN/c1-13(2)19-12-14(10-11-17(3,4)5)15-8-6-7-9-16(15)18/h6-9,13-14,19H,10-12H2,1-5H3. The van der Waals surface area contributed by atoms with Gasteiger partial charge in [-0.25, -0.2) is 0 Å². The lowest BCUT2D eigenvalue weighted by Gasteiger charge is -2.25. The molecule has 0 radical (unpaired) electrons. The van der Waals surface area contributed by atoms with Gasteiger partial charge in [-0.2, -0.15) is 0 Å². The average molecular weight is 282 g/mol. The lowest BCUT2D eigenvalue weighted by Crippen LogP contribution is -2.28. The molecule has 0 aliphatic carbocycles. The van der Waals surface area contributed by atoms with Crippen LogP contribution >= 0.6 is 11.6 Å². The van der Waals surface area contributed by atoms with Crippen LogP contribution in [0.4, 0.5) is 0 Å². The van der Waals surface area contributed by atoms with Crippen molar-refractivity contribution >= 4 is 11.6 Å². The molecule has 1 atom stereocenters. The Morgan fingerprint density at radius 3 is 2.32 bits per heavy atom. The van der Waals surface area contributed by atoms with E-state index in [0.717, 1.165) is 11.6 Å². The van der Waals surface area contributed by atoms with Gasteiger partial charge in [0.25, 0.3) is 0 Å². The molecule has 1 rings (SSSR count). The molecule has 0 fully saturated rings. The molecule has 1 unspecified atom stereocenters. The summed E-state index contributed by atoms with van der Waals surface area (Å²) in [7, 11) is 0. The smallest absolute Gasteiger partial charge is 0.0441 e. The summed E-state index contributed by atoms with van der Waals surface area (Å²) in [6.45, 7) is 12.3. The highest BCUT2D eigenvalue weighted by atomic mass is 35.5. The molecule has 0 aliphatic heterocycles. The number of benzene rings is 1. The summed E-state index contributed by atoms with van der Waals surface area (Å²) in [6.07, 6.45) is 2.38. The van der Waals surface area contributed by atoms with Crippen molar-refractivity contribution < 1.29 is 0 Å². The van der Waals surface area contributed by atoms with Gasteiger partial charge in [-0.05, 0) is 35.8 Å². The highest BCUT2D eigenvalue weighted by Gasteiger charge is 2.18. The first-order valence-electron chi connectivity index (χ1n) is 7.27. The zero-order valence-electron chi connectivity index (χ0n) is 13.0. The molecule has 0 amide bonds. The lowest BCUT2D eigenvalue weighted by molar-refractivity contribution is 0.342. The molecule has 19 heavy (non-hydrogen) atoms. The van der Waals surface area contributed by atoms with E-state index in [-0.39, 0.29) is 0 Å². The predicted octanol–water partition coefficient (Wildman–Crippen LogP) is 5.25. The second kappa shape index (κ2) is 7.31. The monoisotopic (exact) mass is 281 g/mol. The van der Waals surface area contributed by atoms with Gasteiger partial charge in [-0.3, -0.25) is 0 Å². The summed E-state index contributed by atoms with van der Waals surface area (Å²) in [5.41, 5.74) is 1.65. The van der Waals surface area contributed by atoms with E-state index >= 15 is 0 Å². The van der Waals surface area contributed by atoms with Crippen molar-refractivity contribution in [3.63, 3.8) is 0 Å². The molecular formula is C17H28ClN. The van der Waals surface area contributed by atoms with Crippen molar-refractivity contribution in [3.05, 3.63) is 34.9 Å². The summed E-state index contributed by atoms with van der Waals surface area (Å²) < 4.78 is 0. The zero-order chi connectivity index (χ0) is 14.5. The Morgan fingerprint density at radius 2 is 1.79 bits per heavy atom. The minimum Gasteiger partial charge on any atom is -0.314 e. The fraction of sp³-hybridized carbons (Fsp3) is 0.647. The van der Waals surface area contributed by atoms with Crippen LogP contribution in [0.15, 0.2) is 24.3 Å². The molecule has 1 aromatic rings. The number of rotatable bonds is 6. The topological polar surface area (TPSA) is 12.0 Å². The van der Waals surface area contributed by atoms with E-state index in [1.54, 1.807) is 0 Å². The molecule has 0 bridgehead atoms. The molecule has 0 saturated carbocycles. The van der Waals surface area contributed by atoms with Gasteiger partial charge in [-0.1, -0.05) is 64.4 Å². The maximum absolute atomic E-state index is 6.36. The van der Waals surface area contributed by atoms with E-state index in [4.69, 9.17) is 11.6 Å². The molecule has 2 heteroatoms. The number of nitrogens with one attached hydrogen (secondary N) is 1. The van der Waals surface area contributed by atoms with E-state index in [0.29, 0.717) is 17.4 Å². The molecule has 1 nitrogen and oxygen atoms in total. The Balaban J connectivity index is 2.77. The quantitative estimate of drug-likeness (QED) is 0.751. The molecular weight excluding hydrogens is 254 g/mol. The van der Waals surface area contributed by atoms with Crippen molar-refractivity contribution in [2.75, 3.05) is 6.54 Å². The second-order valence-electron chi connectivity index (χ2n) is 6.88. The molecule has 108 valence electrons. The first-order valence-corrected chi connectivity index (χ1v) is 7.65. The van der Waals surface area contributed by atoms with Crippen LogP contribution in [0.3, 0.4) is 0 Å². The lowest BCUT2D eigenvalue weighted by atomic mass is 9.84. The van der Waals surface area contributed by atoms with E-state index in [9.17, 15) is 0 Å². The van der Waals surface area contributed by atoms with Gasteiger partial charge in [0, 0.05) is 17.6 Å². The number of halogens is 1. The molecule has 0 aliphatic rings. The maximum Gasteiger partial charge on any atom is 0.0441 e. The van der Waals surface area contributed by atoms with E-state index in [1.807, 2.05) is 12.1 Å². The van der Waals surface area contributed by atoms with Crippen molar-refractivity contribution in [2.45, 2.75) is 59.4 Å². The molecule has 0 saturated heterocycles. The molecule has 0 heterocycles. The highest BCUT2D eigenvalue weighted by molar-refractivity contribution is 6.31. The van der Waals surface area contributed by atoms with E-state index in [2.05, 4.69) is 52.1 Å². The number of hydrogen-bond donors (Lipinski definition) is 1. The van der Waals surface area contributed by atoms with E-state index < -0.39 is 0 Å². The van der Waals surface area contributed by atoms with Gasteiger partial charge < -0.3 is 5.32 Å². The average Bonchev–Trinajstić information content (AvgIpc) is 2.29. The van der Waals surface area contributed by atoms with Crippen molar-refractivity contribution in [1.82, 2.24) is 5.32 Å². The fourth-order valence-corrected chi connectivity index (χ4v) is 2.45. The van der Waals surface area contributed by atoms with Crippen LogP contribution in [0.2, 0.25) is 5.02 Å². The minimum absolute atomic E-state index is 0.372. The van der Waals surface area contributed by atoms with Crippen LogP contribution in [-0.2, 0) is 0 Å². The summed E-state index contributed by atoms with van der Waals surface area (Å²) in [5.74, 6) is 0.496. The molecule has 0 aromatic heterocycles. The van der Waals surface area contributed by atoms with Crippen LogP contribution in [0.1, 0.15) is 58.9 Å². The van der Waals surface area contributed by atoms with Gasteiger partial charge in [0.1, 0.15) is 0 Å². The molecule has 0 spiro atoms. The largest absolute Gasteiger partial charge is 0.314 e. The third-order valence-electron chi connectivity index (χ3n) is 3.36. The Labute approximate surface area is 123 Å². The van der Waals surface area contributed by atoms with Crippen molar-refractivity contribution in [2.24, 2.45) is 5.41 Å². The third-order valence-corrected chi connectivity index (χ3v) is 3.70.